The first-order valence-electron chi connectivity index (χ1n) is 8.61. The first-order chi connectivity index (χ1) is 12.9. The Bertz CT molecular complexity index is 1050. The predicted molar refractivity (Wildman–Crippen MR) is 105 cm³/mol. The highest BCUT2D eigenvalue weighted by molar-refractivity contribution is 6.04. The van der Waals surface area contributed by atoms with Crippen molar-refractivity contribution in [2.45, 2.75) is 20.4 Å². The molecule has 0 aliphatic rings. The van der Waals surface area contributed by atoms with E-state index in [4.69, 9.17) is 0 Å². The van der Waals surface area contributed by atoms with E-state index in [1.165, 1.54) is 17.6 Å². The standard InChI is InChI=1S/C22H20N2O3/c1-15-5-3-6-17(13-15)14-24-12-4-7-20(22(24)27)21(26)23-19-10-8-18(9-11-19)16(2)25/h3-13H,14H2,1-2H3,(H,23,26). The number of hydrogen-bond donors (Lipinski definition) is 1. The van der Waals surface area contributed by atoms with E-state index in [1.807, 2.05) is 31.2 Å². The van der Waals surface area contributed by atoms with Crippen LogP contribution in [-0.2, 0) is 6.54 Å². The van der Waals surface area contributed by atoms with Crippen molar-refractivity contribution in [3.05, 3.63) is 99.5 Å². The molecule has 5 nitrogen and oxygen atoms in total. The average molecular weight is 360 g/mol. The molecule has 27 heavy (non-hydrogen) atoms. The molecule has 0 atom stereocenters. The zero-order valence-corrected chi connectivity index (χ0v) is 15.2. The van der Waals surface area contributed by atoms with E-state index in [9.17, 15) is 14.4 Å². The Kier molecular flexibility index (Phi) is 5.31. The number of nitrogens with one attached hydrogen (secondary N) is 1. The van der Waals surface area contributed by atoms with Gasteiger partial charge in [-0.3, -0.25) is 14.4 Å². The molecule has 0 aliphatic carbocycles. The number of anilines is 1. The van der Waals surface area contributed by atoms with Crippen LogP contribution in [0.25, 0.3) is 0 Å². The van der Waals surface area contributed by atoms with E-state index < -0.39 is 5.91 Å². The van der Waals surface area contributed by atoms with Gasteiger partial charge in [0.25, 0.3) is 11.5 Å². The SMILES string of the molecule is CC(=O)c1ccc(NC(=O)c2cccn(Cc3cccc(C)c3)c2=O)cc1. The Morgan fingerprint density at radius 2 is 1.74 bits per heavy atom. The van der Waals surface area contributed by atoms with Gasteiger partial charge in [0.2, 0.25) is 0 Å². The molecule has 0 unspecified atom stereocenters. The van der Waals surface area contributed by atoms with Crippen LogP contribution in [0.3, 0.4) is 0 Å². The van der Waals surface area contributed by atoms with Gasteiger partial charge < -0.3 is 9.88 Å². The van der Waals surface area contributed by atoms with E-state index in [-0.39, 0.29) is 16.9 Å². The van der Waals surface area contributed by atoms with Gasteiger partial charge in [0.1, 0.15) is 5.56 Å². The molecule has 1 N–H and O–H groups in total. The molecule has 136 valence electrons. The number of hydrogen-bond acceptors (Lipinski definition) is 3. The lowest BCUT2D eigenvalue weighted by Gasteiger charge is -2.10. The minimum Gasteiger partial charge on any atom is -0.322 e. The summed E-state index contributed by atoms with van der Waals surface area (Å²) >= 11 is 0. The number of amides is 1. The molecular weight excluding hydrogens is 340 g/mol. The van der Waals surface area contributed by atoms with Crippen molar-refractivity contribution in [2.75, 3.05) is 5.32 Å². The molecule has 0 radical (unpaired) electrons. The number of ketones is 1. The molecule has 1 aromatic heterocycles. The topological polar surface area (TPSA) is 68.2 Å². The van der Waals surface area contributed by atoms with E-state index in [0.717, 1.165) is 11.1 Å². The molecule has 1 heterocycles. The Morgan fingerprint density at radius 3 is 2.41 bits per heavy atom. The van der Waals surface area contributed by atoms with Gasteiger partial charge in [0, 0.05) is 17.4 Å². The Morgan fingerprint density at radius 1 is 1.00 bits per heavy atom. The zero-order chi connectivity index (χ0) is 19.4. The van der Waals surface area contributed by atoms with Crippen LogP contribution < -0.4 is 10.9 Å². The van der Waals surface area contributed by atoms with Gasteiger partial charge in [-0.2, -0.15) is 0 Å². The highest BCUT2D eigenvalue weighted by Crippen LogP contribution is 2.11. The van der Waals surface area contributed by atoms with Crippen LogP contribution in [-0.4, -0.2) is 16.3 Å². The van der Waals surface area contributed by atoms with Crippen LogP contribution >= 0.6 is 0 Å². The van der Waals surface area contributed by atoms with E-state index in [1.54, 1.807) is 36.5 Å². The summed E-state index contributed by atoms with van der Waals surface area (Å²) in [5.74, 6) is -0.524. The van der Waals surface area contributed by atoms with Gasteiger partial charge in [-0.15, -0.1) is 0 Å². The van der Waals surface area contributed by atoms with Crippen molar-refractivity contribution >= 4 is 17.4 Å². The number of aromatic nitrogens is 1. The fourth-order valence-corrected chi connectivity index (χ4v) is 2.83. The minimum absolute atomic E-state index is 0.0463. The summed E-state index contributed by atoms with van der Waals surface area (Å²) < 4.78 is 1.52. The van der Waals surface area contributed by atoms with Crippen LogP contribution in [0.15, 0.2) is 71.7 Å². The third kappa shape index (κ3) is 4.39. The van der Waals surface area contributed by atoms with Gasteiger partial charge in [0.15, 0.2) is 5.78 Å². The summed E-state index contributed by atoms with van der Waals surface area (Å²) in [5.41, 5.74) is 2.92. The van der Waals surface area contributed by atoms with Crippen molar-refractivity contribution in [3.8, 4) is 0 Å². The molecule has 3 aromatic rings. The maximum atomic E-state index is 12.7. The molecule has 0 fully saturated rings. The molecule has 0 bridgehead atoms. The second-order valence-corrected chi connectivity index (χ2v) is 6.43. The van der Waals surface area contributed by atoms with Crippen LogP contribution in [0.5, 0.6) is 0 Å². The van der Waals surface area contributed by atoms with Crippen LogP contribution in [0.1, 0.15) is 38.8 Å². The first kappa shape index (κ1) is 18.3. The number of aryl methyl sites for hydroxylation is 1. The van der Waals surface area contributed by atoms with Gasteiger partial charge in [-0.25, -0.2) is 0 Å². The Hall–Kier alpha value is -3.47. The van der Waals surface area contributed by atoms with Crippen molar-refractivity contribution in [3.63, 3.8) is 0 Å². The second kappa shape index (κ2) is 7.83. The van der Waals surface area contributed by atoms with Gasteiger partial charge in [-0.05, 0) is 55.8 Å². The average Bonchev–Trinajstić information content (AvgIpc) is 2.64. The number of carbonyl (C=O) groups is 2. The minimum atomic E-state index is -0.478. The number of carbonyl (C=O) groups excluding carboxylic acids is 2. The summed E-state index contributed by atoms with van der Waals surface area (Å²) in [6, 6.07) is 17.6. The fourth-order valence-electron chi connectivity index (χ4n) is 2.83. The molecule has 0 saturated heterocycles. The molecule has 1 amide bonds. The van der Waals surface area contributed by atoms with Crippen molar-refractivity contribution < 1.29 is 9.59 Å². The van der Waals surface area contributed by atoms with Crippen LogP contribution in [0, 0.1) is 6.92 Å². The fraction of sp³-hybridized carbons (Fsp3) is 0.136. The lowest BCUT2D eigenvalue weighted by molar-refractivity contribution is 0.101. The summed E-state index contributed by atoms with van der Waals surface area (Å²) in [5, 5.41) is 2.70. The van der Waals surface area contributed by atoms with E-state index in [2.05, 4.69) is 5.32 Å². The Balaban J connectivity index is 1.81. The molecule has 2 aromatic carbocycles. The number of nitrogens with zero attached hydrogens (tertiary/aromatic N) is 1. The molecule has 5 heteroatoms. The molecule has 3 rings (SSSR count). The number of pyridine rings is 1. The van der Waals surface area contributed by atoms with Crippen molar-refractivity contribution in [1.82, 2.24) is 4.57 Å². The van der Waals surface area contributed by atoms with Gasteiger partial charge >= 0.3 is 0 Å². The maximum Gasteiger partial charge on any atom is 0.263 e. The van der Waals surface area contributed by atoms with Crippen LogP contribution in [0.2, 0.25) is 0 Å². The van der Waals surface area contributed by atoms with Crippen LogP contribution in [0.4, 0.5) is 5.69 Å². The molecule has 0 saturated carbocycles. The quantitative estimate of drug-likeness (QED) is 0.706. The smallest absolute Gasteiger partial charge is 0.263 e. The number of Topliss-reactive ketones (excluding diaryl/α,β-unsaturated/α-hetero) is 1. The van der Waals surface area contributed by atoms with Gasteiger partial charge in [0.05, 0.1) is 6.54 Å². The first-order valence-corrected chi connectivity index (χ1v) is 8.61. The second-order valence-electron chi connectivity index (χ2n) is 6.43. The largest absolute Gasteiger partial charge is 0.322 e. The lowest BCUT2D eigenvalue weighted by atomic mass is 10.1. The molecule has 0 aliphatic heterocycles. The highest BCUT2D eigenvalue weighted by Gasteiger charge is 2.13. The monoisotopic (exact) mass is 360 g/mol. The predicted octanol–water partition coefficient (Wildman–Crippen LogP) is 3.66. The zero-order valence-electron chi connectivity index (χ0n) is 15.2. The lowest BCUT2D eigenvalue weighted by Crippen LogP contribution is -2.29. The van der Waals surface area contributed by atoms with E-state index >= 15 is 0 Å². The molecular formula is C22H20N2O3. The van der Waals surface area contributed by atoms with Gasteiger partial charge in [-0.1, -0.05) is 29.8 Å². The maximum absolute atomic E-state index is 12.7. The third-order valence-corrected chi connectivity index (χ3v) is 4.25. The molecule has 0 spiro atoms. The Labute approximate surface area is 157 Å². The van der Waals surface area contributed by atoms with Crippen molar-refractivity contribution in [1.29, 1.82) is 0 Å². The summed E-state index contributed by atoms with van der Waals surface area (Å²) in [6.45, 7) is 3.87. The third-order valence-electron chi connectivity index (χ3n) is 4.25. The highest BCUT2D eigenvalue weighted by atomic mass is 16.2. The summed E-state index contributed by atoms with van der Waals surface area (Å²) in [6.07, 6.45) is 1.67. The van der Waals surface area contributed by atoms with E-state index in [0.29, 0.717) is 17.8 Å². The summed E-state index contributed by atoms with van der Waals surface area (Å²) in [4.78, 5) is 36.5. The normalized spacial score (nSPS) is 10.4. The summed E-state index contributed by atoms with van der Waals surface area (Å²) in [7, 11) is 0. The number of benzene rings is 2. The van der Waals surface area contributed by atoms with Crippen molar-refractivity contribution in [2.24, 2.45) is 0 Å². The number of rotatable bonds is 5.